The third-order valence-electron chi connectivity index (χ3n) is 4.72. The van der Waals surface area contributed by atoms with Crippen molar-refractivity contribution >= 4 is 57.9 Å². The van der Waals surface area contributed by atoms with E-state index >= 15 is 0 Å². The Bertz CT molecular complexity index is 1240. The fourth-order valence-electron chi connectivity index (χ4n) is 3.00. The molecular weight excluding hydrogens is 508 g/mol. The van der Waals surface area contributed by atoms with Crippen molar-refractivity contribution < 1.29 is 29.2 Å². The fourth-order valence-corrected chi connectivity index (χ4v) is 3.21. The van der Waals surface area contributed by atoms with E-state index in [1.54, 1.807) is 23.1 Å². The summed E-state index contributed by atoms with van der Waals surface area (Å²) in [5.74, 6) is -2.13. The molecule has 2 aromatic rings. The molecule has 2 N–H and O–H groups in total. The largest absolute Gasteiger partial charge is 0.481 e. The molecule has 0 aliphatic carbocycles. The highest BCUT2D eigenvalue weighted by Crippen LogP contribution is 2.34. The van der Waals surface area contributed by atoms with Crippen LogP contribution in [0.25, 0.3) is 0 Å². The van der Waals surface area contributed by atoms with Crippen LogP contribution in [0.3, 0.4) is 0 Å². The topological polar surface area (TPSA) is 188 Å². The number of hydrogen-bond donors (Lipinski definition) is 2. The molecule has 0 heterocycles. The van der Waals surface area contributed by atoms with Gasteiger partial charge in [-0.2, -0.15) is 5.26 Å². The molecule has 0 saturated heterocycles. The number of carbonyl (C=O) groups is 3. The van der Waals surface area contributed by atoms with Gasteiger partial charge in [0.15, 0.2) is 0 Å². The number of nitrogens with zero attached hydrogens (tertiary/aromatic N) is 5. The van der Waals surface area contributed by atoms with Crippen molar-refractivity contribution in [1.29, 1.82) is 5.26 Å². The van der Waals surface area contributed by atoms with Crippen LogP contribution in [0.5, 0.6) is 0 Å². The maximum Gasteiger partial charge on any atom is 0.306 e. The number of halogens is 1. The van der Waals surface area contributed by atoms with Gasteiger partial charge < -0.3 is 20.1 Å². The molecule has 0 unspecified atom stereocenters. The number of benzene rings is 2. The second-order valence-electron chi connectivity index (χ2n) is 7.48. The van der Waals surface area contributed by atoms with Crippen LogP contribution in [0, 0.1) is 21.4 Å². The number of ether oxygens (including phenoxy) is 1. The number of esters is 1. The SMILES string of the molecule is CC(=O)Nc1cc(N(CCC#N)CCOC(=O)CCC(=O)O)ccc1N=Nc1ccc([N+](=O)[O-])cc1Cl. The zero-order valence-corrected chi connectivity index (χ0v) is 20.5. The lowest BCUT2D eigenvalue weighted by molar-refractivity contribution is -0.384. The monoisotopic (exact) mass is 530 g/mol. The number of azo groups is 1. The first kappa shape index (κ1) is 28.7. The van der Waals surface area contributed by atoms with Crippen LogP contribution in [0.15, 0.2) is 46.6 Å². The van der Waals surface area contributed by atoms with E-state index < -0.39 is 16.9 Å². The summed E-state index contributed by atoms with van der Waals surface area (Å²) < 4.78 is 5.08. The molecule has 0 spiro atoms. The van der Waals surface area contributed by atoms with Gasteiger partial charge in [0, 0.05) is 31.3 Å². The number of rotatable bonds is 13. The van der Waals surface area contributed by atoms with Crippen molar-refractivity contribution in [2.24, 2.45) is 10.2 Å². The number of carboxylic acids is 1. The molecule has 0 aliphatic rings. The van der Waals surface area contributed by atoms with Crippen molar-refractivity contribution in [3.05, 3.63) is 51.5 Å². The van der Waals surface area contributed by atoms with Crippen LogP contribution >= 0.6 is 11.6 Å². The number of nitriles is 1. The first-order valence-corrected chi connectivity index (χ1v) is 11.2. The van der Waals surface area contributed by atoms with Crippen LogP contribution in [-0.4, -0.2) is 47.6 Å². The van der Waals surface area contributed by atoms with Crippen LogP contribution < -0.4 is 10.2 Å². The highest BCUT2D eigenvalue weighted by Gasteiger charge is 2.14. The number of aliphatic carboxylic acids is 1. The number of anilines is 2. The second-order valence-corrected chi connectivity index (χ2v) is 7.89. The van der Waals surface area contributed by atoms with Gasteiger partial charge in [0.2, 0.25) is 5.91 Å². The summed E-state index contributed by atoms with van der Waals surface area (Å²) in [6.45, 7) is 1.77. The van der Waals surface area contributed by atoms with E-state index in [4.69, 9.17) is 26.7 Å². The molecule has 1 amide bonds. The van der Waals surface area contributed by atoms with Crippen LogP contribution in [0.1, 0.15) is 26.2 Å². The quantitative estimate of drug-likeness (QED) is 0.159. The molecule has 37 heavy (non-hydrogen) atoms. The van der Waals surface area contributed by atoms with E-state index in [0.29, 0.717) is 17.9 Å². The van der Waals surface area contributed by atoms with E-state index in [-0.39, 0.29) is 60.4 Å². The average Bonchev–Trinajstić information content (AvgIpc) is 2.84. The Kier molecular flexibility index (Phi) is 10.9. The minimum Gasteiger partial charge on any atom is -0.481 e. The molecule has 0 fully saturated rings. The smallest absolute Gasteiger partial charge is 0.306 e. The average molecular weight is 531 g/mol. The summed E-state index contributed by atoms with van der Waals surface area (Å²) in [7, 11) is 0. The number of carboxylic acid groups (broad SMARTS) is 1. The van der Waals surface area contributed by atoms with E-state index in [1.807, 2.05) is 6.07 Å². The Morgan fingerprint density at radius 2 is 1.86 bits per heavy atom. The lowest BCUT2D eigenvalue weighted by Gasteiger charge is -2.24. The van der Waals surface area contributed by atoms with Crippen molar-refractivity contribution in [3.63, 3.8) is 0 Å². The summed E-state index contributed by atoms with van der Waals surface area (Å²) >= 11 is 6.06. The Labute approximate surface area is 216 Å². The normalized spacial score (nSPS) is 10.5. The van der Waals surface area contributed by atoms with E-state index in [2.05, 4.69) is 15.5 Å². The highest BCUT2D eigenvalue weighted by atomic mass is 35.5. The summed E-state index contributed by atoms with van der Waals surface area (Å²) in [6, 6.07) is 10.6. The Morgan fingerprint density at radius 1 is 1.16 bits per heavy atom. The number of carbonyl (C=O) groups excluding carboxylic acids is 2. The van der Waals surface area contributed by atoms with Gasteiger partial charge >= 0.3 is 11.9 Å². The molecule has 0 atom stereocenters. The van der Waals surface area contributed by atoms with Gasteiger partial charge in [-0.1, -0.05) is 11.6 Å². The number of nitrogens with one attached hydrogen (secondary N) is 1. The van der Waals surface area contributed by atoms with Crippen molar-refractivity contribution in [3.8, 4) is 6.07 Å². The van der Waals surface area contributed by atoms with Crippen molar-refractivity contribution in [2.45, 2.75) is 26.2 Å². The molecule has 0 aromatic heterocycles. The van der Waals surface area contributed by atoms with Crippen LogP contribution in [0.2, 0.25) is 5.02 Å². The summed E-state index contributed by atoms with van der Waals surface area (Å²) in [5, 5.41) is 39.4. The molecular formula is C23H23ClN6O7. The molecule has 13 nitrogen and oxygen atoms in total. The summed E-state index contributed by atoms with van der Waals surface area (Å²) in [6.07, 6.45) is -0.417. The first-order chi connectivity index (χ1) is 17.6. The standard InChI is InChI=1S/C23H23ClN6O7/c1-15(31)26-21-14-16(29(10-2-9-25)11-12-37-23(34)8-7-22(32)33)3-6-20(21)28-27-19-5-4-17(30(35)36)13-18(19)24/h3-6,13-14H,2,7-8,10-12H2,1H3,(H,26,31)(H,32,33). The molecule has 0 radical (unpaired) electrons. The third-order valence-corrected chi connectivity index (χ3v) is 5.03. The molecule has 0 bridgehead atoms. The van der Waals surface area contributed by atoms with Gasteiger partial charge in [-0.25, -0.2) is 0 Å². The van der Waals surface area contributed by atoms with Crippen LogP contribution in [0.4, 0.5) is 28.4 Å². The summed E-state index contributed by atoms with van der Waals surface area (Å²) in [4.78, 5) is 46.1. The minimum absolute atomic E-state index is 0.0243. The highest BCUT2D eigenvalue weighted by molar-refractivity contribution is 6.33. The van der Waals surface area contributed by atoms with Crippen molar-refractivity contribution in [1.82, 2.24) is 0 Å². The van der Waals surface area contributed by atoms with Gasteiger partial charge in [-0.05, 0) is 24.3 Å². The van der Waals surface area contributed by atoms with Gasteiger partial charge in [-0.15, -0.1) is 10.2 Å². The second kappa shape index (κ2) is 14.1. The Balaban J connectivity index is 2.25. The Morgan fingerprint density at radius 3 is 2.49 bits per heavy atom. The number of amides is 1. The van der Waals surface area contributed by atoms with Gasteiger partial charge in [-0.3, -0.25) is 24.5 Å². The molecule has 14 heteroatoms. The molecule has 2 rings (SSSR count). The molecule has 0 aliphatic heterocycles. The fraction of sp³-hybridized carbons (Fsp3) is 0.304. The first-order valence-electron chi connectivity index (χ1n) is 10.9. The minimum atomic E-state index is -1.11. The number of nitro benzene ring substituents is 1. The molecule has 0 saturated carbocycles. The van der Waals surface area contributed by atoms with E-state index in [0.717, 1.165) is 6.07 Å². The van der Waals surface area contributed by atoms with Gasteiger partial charge in [0.05, 0.1) is 47.5 Å². The predicted molar refractivity (Wildman–Crippen MR) is 133 cm³/mol. The number of hydrogen-bond acceptors (Lipinski definition) is 10. The van der Waals surface area contributed by atoms with Gasteiger partial charge in [0.1, 0.15) is 18.0 Å². The molecule has 194 valence electrons. The van der Waals surface area contributed by atoms with Crippen LogP contribution in [-0.2, 0) is 19.1 Å². The number of non-ortho nitro benzene ring substituents is 1. The Hall–Kier alpha value is -4.57. The maximum absolute atomic E-state index is 11.8. The zero-order chi connectivity index (χ0) is 27.4. The molecule has 2 aromatic carbocycles. The summed E-state index contributed by atoms with van der Waals surface area (Å²) in [5.41, 5.74) is 1.15. The van der Waals surface area contributed by atoms with E-state index in [1.165, 1.54) is 19.1 Å². The lowest BCUT2D eigenvalue weighted by Crippen LogP contribution is -2.29. The number of nitro groups is 1. The zero-order valence-electron chi connectivity index (χ0n) is 19.7. The maximum atomic E-state index is 11.8. The van der Waals surface area contributed by atoms with Crippen molar-refractivity contribution in [2.75, 3.05) is 29.9 Å². The van der Waals surface area contributed by atoms with E-state index in [9.17, 15) is 24.5 Å². The lowest BCUT2D eigenvalue weighted by atomic mass is 10.2. The predicted octanol–water partition coefficient (Wildman–Crippen LogP) is 4.75. The van der Waals surface area contributed by atoms with Gasteiger partial charge in [0.25, 0.3) is 5.69 Å². The third kappa shape index (κ3) is 9.54.